The number of anilines is 2. The molecule has 0 bridgehead atoms. The molecule has 0 saturated heterocycles. The predicted molar refractivity (Wildman–Crippen MR) is 73.8 cm³/mol. The van der Waals surface area contributed by atoms with E-state index in [-0.39, 0.29) is 0 Å². The average Bonchev–Trinajstić information content (AvgIpc) is 2.95. The Morgan fingerprint density at radius 1 is 1.37 bits per heavy atom. The Hall–Kier alpha value is -2.50. The van der Waals surface area contributed by atoms with E-state index in [1.165, 1.54) is 0 Å². The van der Waals surface area contributed by atoms with Crippen LogP contribution in [0.25, 0.3) is 11.1 Å². The van der Waals surface area contributed by atoms with Crippen molar-refractivity contribution in [1.82, 2.24) is 14.8 Å². The van der Waals surface area contributed by atoms with E-state index in [9.17, 15) is 0 Å². The molecule has 98 valence electrons. The second kappa shape index (κ2) is 4.64. The molecule has 0 saturated carbocycles. The molecule has 0 fully saturated rings. The summed E-state index contributed by atoms with van der Waals surface area (Å²) in [6.07, 6.45) is 2.65. The number of nitrogens with zero attached hydrogens (tertiary/aromatic N) is 3. The highest BCUT2D eigenvalue weighted by molar-refractivity contribution is 5.78. The number of rotatable bonds is 4. The Morgan fingerprint density at radius 2 is 2.26 bits per heavy atom. The van der Waals surface area contributed by atoms with Crippen LogP contribution in [0.2, 0.25) is 0 Å². The van der Waals surface area contributed by atoms with E-state index in [0.717, 1.165) is 24.2 Å². The van der Waals surface area contributed by atoms with Gasteiger partial charge in [-0.25, -0.2) is 0 Å². The Balaban J connectivity index is 1.67. The molecule has 19 heavy (non-hydrogen) atoms. The summed E-state index contributed by atoms with van der Waals surface area (Å²) in [6, 6.07) is 7.94. The first-order valence-corrected chi connectivity index (χ1v) is 6.09. The van der Waals surface area contributed by atoms with E-state index in [0.29, 0.717) is 17.3 Å². The summed E-state index contributed by atoms with van der Waals surface area (Å²) in [5.74, 6) is 0. The Bertz CT molecular complexity index is 700. The van der Waals surface area contributed by atoms with Gasteiger partial charge in [-0.2, -0.15) is 10.1 Å². The normalized spacial score (nSPS) is 11.0. The van der Waals surface area contributed by atoms with Crippen molar-refractivity contribution in [3.63, 3.8) is 0 Å². The zero-order chi connectivity index (χ0) is 13.2. The van der Waals surface area contributed by atoms with Crippen molar-refractivity contribution < 1.29 is 4.42 Å². The first kappa shape index (κ1) is 11.6. The number of nitrogen functional groups attached to an aromatic ring is 1. The smallest absolute Gasteiger partial charge is 0.295 e. The van der Waals surface area contributed by atoms with Gasteiger partial charge in [0, 0.05) is 43.7 Å². The molecule has 0 aliphatic carbocycles. The summed E-state index contributed by atoms with van der Waals surface area (Å²) < 4.78 is 7.43. The van der Waals surface area contributed by atoms with Crippen LogP contribution in [0.3, 0.4) is 0 Å². The molecule has 0 atom stereocenters. The first-order valence-electron chi connectivity index (χ1n) is 6.09. The molecule has 0 radical (unpaired) electrons. The molecule has 0 spiro atoms. The fourth-order valence-corrected chi connectivity index (χ4v) is 1.96. The van der Waals surface area contributed by atoms with Crippen LogP contribution in [-0.2, 0) is 13.5 Å². The van der Waals surface area contributed by atoms with E-state index in [1.54, 1.807) is 12.3 Å². The third kappa shape index (κ3) is 2.37. The summed E-state index contributed by atoms with van der Waals surface area (Å²) in [6.45, 7) is 0.738. The second-order valence-corrected chi connectivity index (χ2v) is 4.37. The van der Waals surface area contributed by atoms with Crippen molar-refractivity contribution >= 4 is 22.8 Å². The van der Waals surface area contributed by atoms with Crippen LogP contribution in [0.5, 0.6) is 0 Å². The monoisotopic (exact) mass is 257 g/mol. The van der Waals surface area contributed by atoms with E-state index in [4.69, 9.17) is 10.2 Å². The third-order valence-electron chi connectivity index (χ3n) is 2.99. The Kier molecular flexibility index (Phi) is 2.83. The number of hydrogen-bond donors (Lipinski definition) is 2. The quantitative estimate of drug-likeness (QED) is 0.696. The van der Waals surface area contributed by atoms with Gasteiger partial charge >= 0.3 is 0 Å². The standard InChI is InChI=1S/C13H15N5O/c1-18-10(5-7-16-18)4-6-15-13-17-11-3-2-9(14)8-12(11)19-13/h2-3,5,7-8H,4,6,14H2,1H3,(H,15,17). The SMILES string of the molecule is Cn1nccc1CCNc1nc2ccc(N)cc2o1. The van der Waals surface area contributed by atoms with E-state index in [1.807, 2.05) is 29.9 Å². The van der Waals surface area contributed by atoms with Crippen LogP contribution in [0.15, 0.2) is 34.9 Å². The lowest BCUT2D eigenvalue weighted by atomic mass is 10.3. The highest BCUT2D eigenvalue weighted by Crippen LogP contribution is 2.20. The molecule has 1 aromatic carbocycles. The minimum atomic E-state index is 0.516. The van der Waals surface area contributed by atoms with Crippen molar-refractivity contribution in [3.05, 3.63) is 36.2 Å². The lowest BCUT2D eigenvalue weighted by molar-refractivity contribution is 0.612. The van der Waals surface area contributed by atoms with Crippen molar-refractivity contribution in [2.75, 3.05) is 17.6 Å². The summed E-state index contributed by atoms with van der Waals surface area (Å²) in [5, 5.41) is 7.28. The van der Waals surface area contributed by atoms with Crippen molar-refractivity contribution in [2.45, 2.75) is 6.42 Å². The van der Waals surface area contributed by atoms with Crippen LogP contribution in [0, 0.1) is 0 Å². The van der Waals surface area contributed by atoms with Crippen molar-refractivity contribution in [2.24, 2.45) is 7.05 Å². The van der Waals surface area contributed by atoms with Crippen molar-refractivity contribution in [3.8, 4) is 0 Å². The number of hydrogen-bond acceptors (Lipinski definition) is 5. The molecule has 0 amide bonds. The fraction of sp³-hybridized carbons (Fsp3) is 0.231. The van der Waals surface area contributed by atoms with E-state index >= 15 is 0 Å². The molecule has 0 aliphatic rings. The molecule has 0 aliphatic heterocycles. The van der Waals surface area contributed by atoms with Crippen LogP contribution >= 0.6 is 0 Å². The highest BCUT2D eigenvalue weighted by atomic mass is 16.4. The van der Waals surface area contributed by atoms with Gasteiger partial charge in [0.05, 0.1) is 0 Å². The van der Waals surface area contributed by atoms with Gasteiger partial charge in [-0.15, -0.1) is 0 Å². The predicted octanol–water partition coefficient (Wildman–Crippen LogP) is 1.80. The molecule has 2 heterocycles. The van der Waals surface area contributed by atoms with Gasteiger partial charge in [-0.05, 0) is 18.2 Å². The lowest BCUT2D eigenvalue weighted by Crippen LogP contribution is -2.08. The van der Waals surface area contributed by atoms with Crippen molar-refractivity contribution in [1.29, 1.82) is 0 Å². The van der Waals surface area contributed by atoms with Gasteiger partial charge < -0.3 is 15.5 Å². The molecule has 2 aromatic heterocycles. The molecule has 6 nitrogen and oxygen atoms in total. The largest absolute Gasteiger partial charge is 0.423 e. The van der Waals surface area contributed by atoms with Gasteiger partial charge in [-0.1, -0.05) is 0 Å². The minimum Gasteiger partial charge on any atom is -0.423 e. The van der Waals surface area contributed by atoms with Gasteiger partial charge in [0.1, 0.15) is 5.52 Å². The van der Waals surface area contributed by atoms with Crippen LogP contribution in [0.4, 0.5) is 11.7 Å². The Morgan fingerprint density at radius 3 is 3.05 bits per heavy atom. The van der Waals surface area contributed by atoms with Gasteiger partial charge in [0.25, 0.3) is 6.01 Å². The van der Waals surface area contributed by atoms with E-state index < -0.39 is 0 Å². The molecule has 6 heteroatoms. The maximum atomic E-state index is 5.70. The summed E-state index contributed by atoms with van der Waals surface area (Å²) in [7, 11) is 1.93. The summed E-state index contributed by atoms with van der Waals surface area (Å²) in [5.41, 5.74) is 9.03. The van der Waals surface area contributed by atoms with E-state index in [2.05, 4.69) is 15.4 Å². The third-order valence-corrected chi connectivity index (χ3v) is 2.99. The minimum absolute atomic E-state index is 0.516. The van der Waals surface area contributed by atoms with Gasteiger partial charge in [-0.3, -0.25) is 4.68 Å². The number of benzene rings is 1. The number of oxazole rings is 1. The van der Waals surface area contributed by atoms with Crippen LogP contribution in [0.1, 0.15) is 5.69 Å². The van der Waals surface area contributed by atoms with Gasteiger partial charge in [0.2, 0.25) is 0 Å². The number of nitrogens with two attached hydrogens (primary N) is 1. The topological polar surface area (TPSA) is 81.9 Å². The zero-order valence-corrected chi connectivity index (χ0v) is 10.6. The molecular weight excluding hydrogens is 242 g/mol. The molecule has 3 aromatic rings. The Labute approximate surface area is 110 Å². The maximum Gasteiger partial charge on any atom is 0.295 e. The number of fused-ring (bicyclic) bond motifs is 1. The highest BCUT2D eigenvalue weighted by Gasteiger charge is 2.05. The zero-order valence-electron chi connectivity index (χ0n) is 10.6. The fourth-order valence-electron chi connectivity index (χ4n) is 1.96. The number of aryl methyl sites for hydroxylation is 1. The first-order chi connectivity index (χ1) is 9.22. The number of aromatic nitrogens is 3. The maximum absolute atomic E-state index is 5.70. The summed E-state index contributed by atoms with van der Waals surface area (Å²) in [4.78, 5) is 4.34. The van der Waals surface area contributed by atoms with Crippen LogP contribution in [-0.4, -0.2) is 21.3 Å². The molecular formula is C13H15N5O. The lowest BCUT2D eigenvalue weighted by Gasteiger charge is -2.02. The van der Waals surface area contributed by atoms with Crippen LogP contribution < -0.4 is 11.1 Å². The number of nitrogens with one attached hydrogen (secondary N) is 1. The molecule has 3 rings (SSSR count). The van der Waals surface area contributed by atoms with Gasteiger partial charge in [0.15, 0.2) is 5.58 Å². The molecule has 0 unspecified atom stereocenters. The molecule has 3 N–H and O–H groups in total. The average molecular weight is 257 g/mol. The summed E-state index contributed by atoms with van der Waals surface area (Å²) >= 11 is 0. The second-order valence-electron chi connectivity index (χ2n) is 4.37.